The number of carbonyl (C=O) groups is 2. The minimum Gasteiger partial charge on any atom is -0.366 e. The second kappa shape index (κ2) is 7.49. The molecule has 2 amide bonds. The first-order chi connectivity index (χ1) is 12.5. The second-order valence-corrected chi connectivity index (χ2v) is 6.58. The van der Waals surface area contributed by atoms with Crippen LogP contribution in [0.1, 0.15) is 32.1 Å². The van der Waals surface area contributed by atoms with Crippen molar-refractivity contribution in [3.05, 3.63) is 75.5 Å². The third-order valence-electron chi connectivity index (χ3n) is 3.83. The van der Waals surface area contributed by atoms with Crippen molar-refractivity contribution in [3.8, 4) is 5.69 Å². The van der Waals surface area contributed by atoms with Gasteiger partial charge in [0.25, 0.3) is 5.91 Å². The Morgan fingerprint density at radius 1 is 1.19 bits per heavy atom. The number of carbonyl (C=O) groups excluding carboxylic acids is 2. The standard InChI is InChI=1S/C18H16BrN5O2/c1-11-16(22-23-24(11)15-7-3-6-14(19)9-15)18(26)21-10-12-4-2-5-13(8-12)17(20)25/h2-9H,10H2,1H3,(H2,20,25)(H,21,26). The van der Waals surface area contributed by atoms with Crippen molar-refractivity contribution >= 4 is 27.7 Å². The number of halogens is 1. The molecule has 7 nitrogen and oxygen atoms in total. The van der Waals surface area contributed by atoms with Crippen LogP contribution in [0.3, 0.4) is 0 Å². The van der Waals surface area contributed by atoms with Crippen molar-refractivity contribution < 1.29 is 9.59 Å². The number of nitrogens with one attached hydrogen (secondary N) is 1. The quantitative estimate of drug-likeness (QED) is 0.669. The van der Waals surface area contributed by atoms with Gasteiger partial charge in [-0.25, -0.2) is 4.68 Å². The Morgan fingerprint density at radius 3 is 2.69 bits per heavy atom. The third-order valence-corrected chi connectivity index (χ3v) is 4.32. The molecule has 1 heterocycles. The second-order valence-electron chi connectivity index (χ2n) is 5.66. The highest BCUT2D eigenvalue weighted by atomic mass is 79.9. The topological polar surface area (TPSA) is 103 Å². The molecule has 132 valence electrons. The molecule has 0 aliphatic rings. The summed E-state index contributed by atoms with van der Waals surface area (Å²) in [7, 11) is 0. The van der Waals surface area contributed by atoms with Gasteiger partial charge >= 0.3 is 0 Å². The van der Waals surface area contributed by atoms with Gasteiger partial charge in [0.05, 0.1) is 11.4 Å². The predicted octanol–water partition coefficient (Wildman–Crippen LogP) is 2.37. The molecule has 26 heavy (non-hydrogen) atoms. The number of primary amides is 1. The summed E-state index contributed by atoms with van der Waals surface area (Å²) in [6.45, 7) is 2.03. The molecule has 0 saturated carbocycles. The van der Waals surface area contributed by atoms with Gasteiger partial charge in [-0.1, -0.05) is 39.3 Å². The van der Waals surface area contributed by atoms with Gasteiger partial charge in [0.15, 0.2) is 5.69 Å². The van der Waals surface area contributed by atoms with Crippen LogP contribution in [0.2, 0.25) is 0 Å². The van der Waals surface area contributed by atoms with Gasteiger partial charge in [-0.3, -0.25) is 9.59 Å². The predicted molar refractivity (Wildman–Crippen MR) is 99.9 cm³/mol. The average Bonchev–Trinajstić information content (AvgIpc) is 3.01. The molecule has 0 aliphatic carbocycles. The zero-order chi connectivity index (χ0) is 18.7. The Morgan fingerprint density at radius 2 is 1.96 bits per heavy atom. The molecule has 0 spiro atoms. The summed E-state index contributed by atoms with van der Waals surface area (Å²) in [5.41, 5.74) is 8.12. The van der Waals surface area contributed by atoms with E-state index in [9.17, 15) is 9.59 Å². The van der Waals surface area contributed by atoms with E-state index in [0.717, 1.165) is 15.7 Å². The molecule has 0 aliphatic heterocycles. The molecule has 3 aromatic rings. The summed E-state index contributed by atoms with van der Waals surface area (Å²) in [5.74, 6) is -0.848. The highest BCUT2D eigenvalue weighted by Crippen LogP contribution is 2.17. The molecule has 3 rings (SSSR count). The molecule has 0 bridgehead atoms. The van der Waals surface area contributed by atoms with E-state index >= 15 is 0 Å². The Kier molecular flexibility index (Phi) is 5.13. The molecule has 0 atom stereocenters. The van der Waals surface area contributed by atoms with Crippen LogP contribution in [0.4, 0.5) is 0 Å². The van der Waals surface area contributed by atoms with Gasteiger partial charge in [0.2, 0.25) is 5.91 Å². The van der Waals surface area contributed by atoms with Gasteiger partial charge in [-0.2, -0.15) is 0 Å². The molecule has 0 unspecified atom stereocenters. The summed E-state index contributed by atoms with van der Waals surface area (Å²) >= 11 is 3.41. The van der Waals surface area contributed by atoms with Gasteiger partial charge in [0.1, 0.15) is 0 Å². The van der Waals surface area contributed by atoms with Crippen LogP contribution < -0.4 is 11.1 Å². The number of aromatic nitrogens is 3. The van der Waals surface area contributed by atoms with Gasteiger partial charge in [-0.05, 0) is 42.8 Å². The smallest absolute Gasteiger partial charge is 0.274 e. The van der Waals surface area contributed by atoms with Crippen molar-refractivity contribution in [1.29, 1.82) is 0 Å². The fourth-order valence-electron chi connectivity index (χ4n) is 2.49. The number of amides is 2. The number of hydrogen-bond acceptors (Lipinski definition) is 4. The van der Waals surface area contributed by atoms with E-state index in [1.807, 2.05) is 24.3 Å². The van der Waals surface area contributed by atoms with E-state index in [0.29, 0.717) is 11.3 Å². The Hall–Kier alpha value is -3.00. The lowest BCUT2D eigenvalue weighted by molar-refractivity contribution is 0.0944. The maximum absolute atomic E-state index is 12.4. The van der Waals surface area contributed by atoms with Crippen molar-refractivity contribution in [2.45, 2.75) is 13.5 Å². The number of nitrogens with two attached hydrogens (primary N) is 1. The molecule has 8 heteroatoms. The van der Waals surface area contributed by atoms with Gasteiger partial charge in [-0.15, -0.1) is 5.10 Å². The number of nitrogens with zero attached hydrogens (tertiary/aromatic N) is 3. The molecular formula is C18H16BrN5O2. The first-order valence-corrected chi connectivity index (χ1v) is 8.60. The van der Waals surface area contributed by atoms with Crippen molar-refractivity contribution in [1.82, 2.24) is 20.3 Å². The van der Waals surface area contributed by atoms with Crippen LogP contribution >= 0.6 is 15.9 Å². The summed E-state index contributed by atoms with van der Waals surface area (Å²) in [6.07, 6.45) is 0. The maximum atomic E-state index is 12.4. The van der Waals surface area contributed by atoms with Crippen LogP contribution in [0.15, 0.2) is 53.0 Å². The monoisotopic (exact) mass is 413 g/mol. The minimum absolute atomic E-state index is 0.246. The van der Waals surface area contributed by atoms with Crippen molar-refractivity contribution in [2.75, 3.05) is 0 Å². The molecule has 1 aromatic heterocycles. The first-order valence-electron chi connectivity index (χ1n) is 7.81. The zero-order valence-electron chi connectivity index (χ0n) is 13.9. The lowest BCUT2D eigenvalue weighted by Crippen LogP contribution is -2.24. The molecular weight excluding hydrogens is 398 g/mol. The highest BCUT2D eigenvalue weighted by Gasteiger charge is 2.17. The van der Waals surface area contributed by atoms with Crippen molar-refractivity contribution in [3.63, 3.8) is 0 Å². The molecule has 3 N–H and O–H groups in total. The first kappa shape index (κ1) is 17.8. The van der Waals surface area contributed by atoms with E-state index < -0.39 is 5.91 Å². The Labute approximate surface area is 158 Å². The third kappa shape index (κ3) is 3.80. The van der Waals surface area contributed by atoms with E-state index in [4.69, 9.17) is 5.73 Å². The van der Waals surface area contributed by atoms with Crippen LogP contribution in [-0.2, 0) is 6.54 Å². The average molecular weight is 414 g/mol. The van der Waals surface area contributed by atoms with E-state index in [1.54, 1.807) is 35.9 Å². The zero-order valence-corrected chi connectivity index (χ0v) is 15.5. The van der Waals surface area contributed by atoms with E-state index in [1.165, 1.54) is 0 Å². The largest absolute Gasteiger partial charge is 0.366 e. The van der Waals surface area contributed by atoms with E-state index in [-0.39, 0.29) is 18.1 Å². The number of hydrogen-bond donors (Lipinski definition) is 2. The van der Waals surface area contributed by atoms with Crippen molar-refractivity contribution in [2.24, 2.45) is 5.73 Å². The maximum Gasteiger partial charge on any atom is 0.274 e. The summed E-state index contributed by atoms with van der Waals surface area (Å²) < 4.78 is 2.51. The minimum atomic E-state index is -0.508. The summed E-state index contributed by atoms with van der Waals surface area (Å²) in [4.78, 5) is 23.7. The number of benzene rings is 2. The normalized spacial score (nSPS) is 10.5. The van der Waals surface area contributed by atoms with Crippen LogP contribution in [0.25, 0.3) is 5.69 Å². The lowest BCUT2D eigenvalue weighted by atomic mass is 10.1. The summed E-state index contributed by atoms with van der Waals surface area (Å²) in [5, 5.41) is 10.8. The number of rotatable bonds is 5. The fraction of sp³-hybridized carbons (Fsp3) is 0.111. The Bertz CT molecular complexity index is 983. The summed E-state index contributed by atoms with van der Waals surface area (Å²) in [6, 6.07) is 14.3. The van der Waals surface area contributed by atoms with Crippen LogP contribution in [0, 0.1) is 6.92 Å². The molecule has 2 aromatic carbocycles. The van der Waals surface area contributed by atoms with E-state index in [2.05, 4.69) is 31.6 Å². The Balaban J connectivity index is 1.75. The highest BCUT2D eigenvalue weighted by molar-refractivity contribution is 9.10. The van der Waals surface area contributed by atoms with Crippen LogP contribution in [-0.4, -0.2) is 26.8 Å². The molecule has 0 saturated heterocycles. The van der Waals surface area contributed by atoms with Gasteiger partial charge < -0.3 is 11.1 Å². The van der Waals surface area contributed by atoms with Gasteiger partial charge in [0, 0.05) is 16.6 Å². The molecule has 0 fully saturated rings. The lowest BCUT2D eigenvalue weighted by Gasteiger charge is -2.06. The SMILES string of the molecule is Cc1c(C(=O)NCc2cccc(C(N)=O)c2)nnn1-c1cccc(Br)c1. The fourth-order valence-corrected chi connectivity index (χ4v) is 2.88. The van der Waals surface area contributed by atoms with Crippen LogP contribution in [0.5, 0.6) is 0 Å². The molecule has 0 radical (unpaired) electrons.